The Hall–Kier alpha value is -2.18. The summed E-state index contributed by atoms with van der Waals surface area (Å²) in [5.74, 6) is -3.79. The van der Waals surface area contributed by atoms with E-state index in [9.17, 15) is 26.3 Å². The van der Waals surface area contributed by atoms with Gasteiger partial charge in [-0.1, -0.05) is 6.07 Å². The van der Waals surface area contributed by atoms with E-state index in [1.807, 2.05) is 0 Å². The molecule has 0 fully saturated rings. The monoisotopic (exact) mass is 360 g/mol. The van der Waals surface area contributed by atoms with Crippen LogP contribution in [0.2, 0.25) is 0 Å². The van der Waals surface area contributed by atoms with E-state index in [1.54, 1.807) is 6.92 Å². The molecule has 3 rings (SSSR count). The first kappa shape index (κ1) is 17.6. The van der Waals surface area contributed by atoms with Crippen LogP contribution in [0.5, 0.6) is 5.75 Å². The maximum absolute atomic E-state index is 14.3. The molecule has 0 saturated heterocycles. The molecule has 134 valence electrons. The van der Waals surface area contributed by atoms with Crippen LogP contribution in [0, 0.1) is 24.4 Å². The average molecular weight is 360 g/mol. The quantitative estimate of drug-likeness (QED) is 0.635. The van der Waals surface area contributed by atoms with Crippen molar-refractivity contribution in [3.63, 3.8) is 0 Å². The Morgan fingerprint density at radius 2 is 1.68 bits per heavy atom. The van der Waals surface area contributed by atoms with Crippen molar-refractivity contribution in [1.29, 1.82) is 0 Å². The Balaban J connectivity index is 1.92. The number of fused-ring (bicyclic) bond motifs is 1. The lowest BCUT2D eigenvalue weighted by Crippen LogP contribution is -2.20. The van der Waals surface area contributed by atoms with Crippen LogP contribution < -0.4 is 4.74 Å². The third-order valence-corrected chi connectivity index (χ3v) is 4.37. The molecule has 25 heavy (non-hydrogen) atoms. The molecule has 0 N–H and O–H groups in total. The second kappa shape index (κ2) is 6.28. The van der Waals surface area contributed by atoms with Crippen LogP contribution in [0.4, 0.5) is 26.3 Å². The van der Waals surface area contributed by atoms with E-state index in [1.165, 1.54) is 18.2 Å². The standard InChI is InChI=1S/C18H14F6O/c1-9-6-13(19)16(14(20)7-9)11-2-4-12-10(8-11)3-5-15(17(12)21)25-18(22,23)24/h3,5-7,11H,2,4,8H2,1H3. The van der Waals surface area contributed by atoms with Gasteiger partial charge in [-0.25, -0.2) is 13.2 Å². The largest absolute Gasteiger partial charge is 0.573 e. The predicted octanol–water partition coefficient (Wildman–Crippen LogP) is 5.58. The van der Waals surface area contributed by atoms with Crippen molar-refractivity contribution in [2.75, 3.05) is 0 Å². The lowest BCUT2D eigenvalue weighted by molar-refractivity contribution is -0.275. The summed E-state index contributed by atoms with van der Waals surface area (Å²) in [7, 11) is 0. The number of rotatable bonds is 2. The summed E-state index contributed by atoms with van der Waals surface area (Å²) in [6.07, 6.45) is -4.53. The Morgan fingerprint density at radius 3 is 2.28 bits per heavy atom. The summed E-state index contributed by atoms with van der Waals surface area (Å²) in [5, 5.41) is 0. The number of benzene rings is 2. The molecule has 0 aromatic heterocycles. The number of aryl methyl sites for hydroxylation is 1. The van der Waals surface area contributed by atoms with Gasteiger partial charge in [0.25, 0.3) is 0 Å². The van der Waals surface area contributed by atoms with Crippen LogP contribution in [0.15, 0.2) is 24.3 Å². The first-order valence-electron chi connectivity index (χ1n) is 7.67. The lowest BCUT2D eigenvalue weighted by Gasteiger charge is -2.27. The minimum atomic E-state index is -4.99. The van der Waals surface area contributed by atoms with Gasteiger partial charge in [0.1, 0.15) is 11.6 Å². The van der Waals surface area contributed by atoms with Gasteiger partial charge in [0.15, 0.2) is 11.6 Å². The van der Waals surface area contributed by atoms with Crippen LogP contribution in [0.25, 0.3) is 0 Å². The van der Waals surface area contributed by atoms with Gasteiger partial charge in [-0.3, -0.25) is 0 Å². The van der Waals surface area contributed by atoms with Crippen LogP contribution in [0.1, 0.15) is 34.6 Å². The molecule has 2 aromatic rings. The topological polar surface area (TPSA) is 9.23 Å². The first-order valence-corrected chi connectivity index (χ1v) is 7.67. The molecule has 1 nitrogen and oxygen atoms in total. The second-order valence-electron chi connectivity index (χ2n) is 6.15. The van der Waals surface area contributed by atoms with E-state index in [4.69, 9.17) is 0 Å². The Morgan fingerprint density at radius 1 is 1.04 bits per heavy atom. The van der Waals surface area contributed by atoms with Crippen molar-refractivity contribution >= 4 is 0 Å². The minimum Gasteiger partial charge on any atom is -0.403 e. The highest BCUT2D eigenvalue weighted by Crippen LogP contribution is 2.39. The molecule has 0 heterocycles. The Kier molecular flexibility index (Phi) is 4.43. The van der Waals surface area contributed by atoms with Crippen molar-refractivity contribution in [1.82, 2.24) is 0 Å². The van der Waals surface area contributed by atoms with Crippen LogP contribution in [0.3, 0.4) is 0 Å². The number of hydrogen-bond acceptors (Lipinski definition) is 1. The molecule has 0 aliphatic heterocycles. The van der Waals surface area contributed by atoms with Crippen molar-refractivity contribution in [3.8, 4) is 5.75 Å². The fourth-order valence-electron chi connectivity index (χ4n) is 3.34. The van der Waals surface area contributed by atoms with Gasteiger partial charge in [-0.05, 0) is 67.0 Å². The molecule has 7 heteroatoms. The predicted molar refractivity (Wildman–Crippen MR) is 78.9 cm³/mol. The van der Waals surface area contributed by atoms with Gasteiger partial charge in [0.05, 0.1) is 0 Å². The molecule has 1 aliphatic rings. The molecular weight excluding hydrogens is 346 g/mol. The highest BCUT2D eigenvalue weighted by Gasteiger charge is 2.34. The second-order valence-corrected chi connectivity index (χ2v) is 6.15. The van der Waals surface area contributed by atoms with E-state index in [2.05, 4.69) is 4.74 Å². The first-order chi connectivity index (χ1) is 11.7. The zero-order valence-electron chi connectivity index (χ0n) is 13.2. The fourth-order valence-corrected chi connectivity index (χ4v) is 3.34. The third kappa shape index (κ3) is 3.60. The van der Waals surface area contributed by atoms with Crippen LogP contribution >= 0.6 is 0 Å². The highest BCUT2D eigenvalue weighted by atomic mass is 19.4. The van der Waals surface area contributed by atoms with Gasteiger partial charge in [-0.2, -0.15) is 0 Å². The van der Waals surface area contributed by atoms with Gasteiger partial charge < -0.3 is 4.74 Å². The summed E-state index contributed by atoms with van der Waals surface area (Å²) in [5.41, 5.74) is 0.927. The minimum absolute atomic E-state index is 0.0627. The summed E-state index contributed by atoms with van der Waals surface area (Å²) in [6.45, 7) is 1.57. The summed E-state index contributed by atoms with van der Waals surface area (Å²) in [6, 6.07) is 4.67. The summed E-state index contributed by atoms with van der Waals surface area (Å²) >= 11 is 0. The maximum atomic E-state index is 14.3. The zero-order chi connectivity index (χ0) is 18.4. The number of hydrogen-bond donors (Lipinski definition) is 0. The van der Waals surface area contributed by atoms with E-state index < -0.39 is 35.5 Å². The van der Waals surface area contributed by atoms with Gasteiger partial charge in [-0.15, -0.1) is 13.2 Å². The zero-order valence-corrected chi connectivity index (χ0v) is 13.2. The summed E-state index contributed by atoms with van der Waals surface area (Å²) in [4.78, 5) is 0. The molecule has 1 aliphatic carbocycles. The molecule has 0 radical (unpaired) electrons. The number of halogens is 6. The lowest BCUT2D eigenvalue weighted by atomic mass is 9.79. The molecule has 0 spiro atoms. The van der Waals surface area contributed by atoms with E-state index >= 15 is 0 Å². The van der Waals surface area contributed by atoms with Gasteiger partial charge in [0, 0.05) is 5.56 Å². The Labute approximate surface area is 140 Å². The van der Waals surface area contributed by atoms with E-state index in [0.29, 0.717) is 11.1 Å². The average Bonchev–Trinajstić information content (AvgIpc) is 2.48. The van der Waals surface area contributed by atoms with Gasteiger partial charge in [0.2, 0.25) is 0 Å². The molecule has 1 unspecified atom stereocenters. The molecule has 0 bridgehead atoms. The van der Waals surface area contributed by atoms with Crippen LogP contribution in [-0.2, 0) is 12.8 Å². The van der Waals surface area contributed by atoms with Crippen molar-refractivity contribution in [2.24, 2.45) is 0 Å². The third-order valence-electron chi connectivity index (χ3n) is 4.37. The Bertz CT molecular complexity index is 789. The molecule has 0 saturated carbocycles. The SMILES string of the molecule is Cc1cc(F)c(C2CCc3c(ccc(OC(F)(F)F)c3F)C2)c(F)c1. The highest BCUT2D eigenvalue weighted by molar-refractivity contribution is 5.42. The summed E-state index contributed by atoms with van der Waals surface area (Å²) < 4.78 is 83.1. The molecule has 2 aromatic carbocycles. The van der Waals surface area contributed by atoms with Gasteiger partial charge >= 0.3 is 6.36 Å². The smallest absolute Gasteiger partial charge is 0.403 e. The van der Waals surface area contributed by atoms with Crippen LogP contribution in [-0.4, -0.2) is 6.36 Å². The number of ether oxygens (including phenoxy) is 1. The molecular formula is C18H14F6O. The van der Waals surface area contributed by atoms with Crippen molar-refractivity contribution < 1.29 is 31.1 Å². The van der Waals surface area contributed by atoms with Crippen molar-refractivity contribution in [2.45, 2.75) is 38.5 Å². The fraction of sp³-hybridized carbons (Fsp3) is 0.333. The normalized spacial score (nSPS) is 17.3. The van der Waals surface area contributed by atoms with E-state index in [0.717, 1.165) is 6.07 Å². The van der Waals surface area contributed by atoms with E-state index in [-0.39, 0.29) is 30.4 Å². The van der Waals surface area contributed by atoms with Crippen molar-refractivity contribution in [3.05, 3.63) is 64.0 Å². The number of alkyl halides is 3. The molecule has 1 atom stereocenters. The maximum Gasteiger partial charge on any atom is 0.573 e. The molecule has 0 amide bonds.